The fourth-order valence-corrected chi connectivity index (χ4v) is 4.83. The number of halogens is 1. The van der Waals surface area contributed by atoms with Crippen LogP contribution in [0, 0.1) is 0 Å². The summed E-state index contributed by atoms with van der Waals surface area (Å²) in [5.74, 6) is 0.825. The van der Waals surface area contributed by atoms with Crippen LogP contribution in [0.15, 0.2) is 72.9 Å². The Morgan fingerprint density at radius 3 is 2.55 bits per heavy atom. The number of aromatic nitrogens is 1. The van der Waals surface area contributed by atoms with Crippen molar-refractivity contribution in [1.29, 1.82) is 0 Å². The van der Waals surface area contributed by atoms with Crippen LogP contribution in [-0.2, 0) is 6.42 Å². The first-order valence-electron chi connectivity index (χ1n) is 11.4. The molecular weight excluding hydrogens is 434 g/mol. The molecule has 1 N–H and O–H groups in total. The molecule has 172 valence electrons. The van der Waals surface area contributed by atoms with Gasteiger partial charge in [0.25, 0.3) is 5.91 Å². The minimum Gasteiger partial charge on any atom is -0.438 e. The third-order valence-corrected chi connectivity index (χ3v) is 6.83. The highest BCUT2D eigenvalue weighted by Crippen LogP contribution is 2.36. The molecule has 0 aliphatic heterocycles. The van der Waals surface area contributed by atoms with Crippen molar-refractivity contribution in [2.75, 3.05) is 14.1 Å². The third-order valence-electron chi connectivity index (χ3n) is 6.60. The summed E-state index contributed by atoms with van der Waals surface area (Å²) in [4.78, 5) is 19.7. The second-order valence-corrected chi connectivity index (χ2v) is 9.38. The number of rotatable bonds is 7. The number of pyridine rings is 1. The van der Waals surface area contributed by atoms with Gasteiger partial charge in [-0.25, -0.2) is 4.98 Å². The predicted octanol–water partition coefficient (Wildman–Crippen LogP) is 5.74. The number of hydrogen-bond donors (Lipinski definition) is 1. The van der Waals surface area contributed by atoms with Gasteiger partial charge in [0.05, 0.1) is 0 Å². The summed E-state index contributed by atoms with van der Waals surface area (Å²) in [5.41, 5.74) is 1.75. The van der Waals surface area contributed by atoms with E-state index >= 15 is 0 Å². The summed E-state index contributed by atoms with van der Waals surface area (Å²) in [5, 5.41) is 3.98. The predicted molar refractivity (Wildman–Crippen MR) is 132 cm³/mol. The van der Waals surface area contributed by atoms with E-state index in [4.69, 9.17) is 16.3 Å². The summed E-state index contributed by atoms with van der Waals surface area (Å²) >= 11 is 6.21. The average Bonchev–Trinajstić information content (AvgIpc) is 2.81. The van der Waals surface area contributed by atoms with Crippen molar-refractivity contribution in [3.8, 4) is 11.6 Å². The van der Waals surface area contributed by atoms with Gasteiger partial charge in [-0.3, -0.25) is 4.79 Å². The van der Waals surface area contributed by atoms with E-state index in [2.05, 4.69) is 41.4 Å². The number of ether oxygens (including phenoxy) is 1. The Hall–Kier alpha value is -2.89. The molecule has 6 heteroatoms. The molecule has 0 bridgehead atoms. The molecule has 1 aliphatic carbocycles. The van der Waals surface area contributed by atoms with Crippen LogP contribution in [0.3, 0.4) is 0 Å². The lowest BCUT2D eigenvalue weighted by Gasteiger charge is -2.45. The number of benzene rings is 2. The zero-order valence-corrected chi connectivity index (χ0v) is 19.9. The Kier molecular flexibility index (Phi) is 7.31. The van der Waals surface area contributed by atoms with Gasteiger partial charge in [-0.15, -0.1) is 0 Å². The number of nitrogens with one attached hydrogen (secondary N) is 1. The maximum atomic E-state index is 13.1. The number of carbonyl (C=O) groups excluding carboxylic acids is 1. The van der Waals surface area contributed by atoms with Crippen molar-refractivity contribution < 1.29 is 9.53 Å². The van der Waals surface area contributed by atoms with Crippen molar-refractivity contribution in [2.45, 2.75) is 43.7 Å². The fraction of sp³-hybridized carbons (Fsp3) is 0.333. The molecule has 33 heavy (non-hydrogen) atoms. The molecule has 1 heterocycles. The molecule has 3 aromatic rings. The monoisotopic (exact) mass is 463 g/mol. The van der Waals surface area contributed by atoms with Gasteiger partial charge >= 0.3 is 0 Å². The number of nitrogens with zero attached hydrogens (tertiary/aromatic N) is 2. The first kappa shape index (κ1) is 23.3. The number of amides is 1. The minimum absolute atomic E-state index is 0.0573. The van der Waals surface area contributed by atoms with E-state index in [0.717, 1.165) is 37.1 Å². The molecule has 5 nitrogen and oxygen atoms in total. The molecule has 0 radical (unpaired) electrons. The van der Waals surface area contributed by atoms with Crippen molar-refractivity contribution in [2.24, 2.45) is 0 Å². The van der Waals surface area contributed by atoms with Crippen LogP contribution in [0.25, 0.3) is 0 Å². The molecule has 0 atom stereocenters. The lowest BCUT2D eigenvalue weighted by atomic mass is 9.75. The molecule has 1 aromatic heterocycles. The van der Waals surface area contributed by atoms with Gasteiger partial charge < -0.3 is 15.0 Å². The fourth-order valence-electron chi connectivity index (χ4n) is 4.62. The van der Waals surface area contributed by atoms with Gasteiger partial charge in [-0.2, -0.15) is 0 Å². The Bertz CT molecular complexity index is 1080. The lowest BCUT2D eigenvalue weighted by molar-refractivity contribution is 0.0768. The average molecular weight is 464 g/mol. The minimum atomic E-state index is -0.147. The quantitative estimate of drug-likeness (QED) is 0.485. The van der Waals surface area contributed by atoms with Crippen LogP contribution in [0.4, 0.5) is 0 Å². The van der Waals surface area contributed by atoms with E-state index in [-0.39, 0.29) is 17.5 Å². The molecule has 2 aromatic carbocycles. The van der Waals surface area contributed by atoms with E-state index in [9.17, 15) is 4.79 Å². The zero-order chi connectivity index (χ0) is 23.3. The smallest absolute Gasteiger partial charge is 0.257 e. The highest BCUT2D eigenvalue weighted by Gasteiger charge is 2.38. The first-order valence-corrected chi connectivity index (χ1v) is 11.7. The van der Waals surface area contributed by atoms with Crippen LogP contribution < -0.4 is 10.1 Å². The number of para-hydroxylation sites is 1. The molecule has 4 rings (SSSR count). The van der Waals surface area contributed by atoms with Crippen molar-refractivity contribution in [3.63, 3.8) is 0 Å². The Balaban J connectivity index is 1.41. The standard InChI is InChI=1S/C27H30ClN3O2/c1-31(2)27(19-20-8-6-9-21(28)18-20)15-13-22(14-16-27)30-25(32)24-12-7-17-29-26(24)33-23-10-4-3-5-11-23/h3-12,17-18,22H,13-16,19H2,1-2H3,(H,30,32). The van der Waals surface area contributed by atoms with Crippen LogP contribution in [0.1, 0.15) is 41.6 Å². The number of carbonyl (C=O) groups is 1. The van der Waals surface area contributed by atoms with Crippen molar-refractivity contribution in [1.82, 2.24) is 15.2 Å². The highest BCUT2D eigenvalue weighted by atomic mass is 35.5. The Labute approximate surface area is 200 Å². The molecule has 0 spiro atoms. The normalized spacial score (nSPS) is 20.4. The van der Waals surface area contributed by atoms with E-state index in [0.29, 0.717) is 17.2 Å². The van der Waals surface area contributed by atoms with Crippen LogP contribution in [-0.4, -0.2) is 41.5 Å². The van der Waals surface area contributed by atoms with E-state index < -0.39 is 0 Å². The van der Waals surface area contributed by atoms with E-state index in [1.165, 1.54) is 5.56 Å². The van der Waals surface area contributed by atoms with Crippen LogP contribution in [0.5, 0.6) is 11.6 Å². The number of likely N-dealkylation sites (N-methyl/N-ethyl adjacent to an activating group) is 1. The summed E-state index contributed by atoms with van der Waals surface area (Å²) in [6, 6.07) is 21.1. The second kappa shape index (κ2) is 10.4. The van der Waals surface area contributed by atoms with Gasteiger partial charge in [0.1, 0.15) is 11.3 Å². The summed E-state index contributed by atoms with van der Waals surface area (Å²) < 4.78 is 5.87. The topological polar surface area (TPSA) is 54.5 Å². The molecular formula is C27H30ClN3O2. The maximum absolute atomic E-state index is 13.1. The van der Waals surface area contributed by atoms with E-state index in [1.54, 1.807) is 18.3 Å². The zero-order valence-electron chi connectivity index (χ0n) is 19.1. The molecule has 1 fully saturated rings. The second-order valence-electron chi connectivity index (χ2n) is 8.94. The molecule has 1 aliphatic rings. The molecule has 1 amide bonds. The van der Waals surface area contributed by atoms with E-state index in [1.807, 2.05) is 42.5 Å². The van der Waals surface area contributed by atoms with Gasteiger partial charge in [0, 0.05) is 22.8 Å². The van der Waals surface area contributed by atoms with Gasteiger partial charge in [0.15, 0.2) is 0 Å². The summed E-state index contributed by atoms with van der Waals surface area (Å²) in [6.45, 7) is 0. The van der Waals surface area contributed by atoms with Crippen LogP contribution in [0.2, 0.25) is 5.02 Å². The Morgan fingerprint density at radius 1 is 1.09 bits per heavy atom. The maximum Gasteiger partial charge on any atom is 0.257 e. The molecule has 1 saturated carbocycles. The molecule has 0 saturated heterocycles. The third kappa shape index (κ3) is 5.73. The van der Waals surface area contributed by atoms with Gasteiger partial charge in [0.2, 0.25) is 5.88 Å². The van der Waals surface area contributed by atoms with Crippen molar-refractivity contribution in [3.05, 3.63) is 89.1 Å². The van der Waals surface area contributed by atoms with Gasteiger partial charge in [-0.1, -0.05) is 41.9 Å². The Morgan fingerprint density at radius 2 is 1.85 bits per heavy atom. The summed E-state index contributed by atoms with van der Waals surface area (Å²) in [7, 11) is 4.29. The van der Waals surface area contributed by atoms with Gasteiger partial charge in [-0.05, 0) is 88.2 Å². The SMILES string of the molecule is CN(C)C1(Cc2cccc(Cl)c2)CCC(NC(=O)c2cccnc2Oc2ccccc2)CC1. The van der Waals surface area contributed by atoms with Crippen LogP contribution >= 0.6 is 11.6 Å². The highest BCUT2D eigenvalue weighted by molar-refractivity contribution is 6.30. The number of hydrogen-bond acceptors (Lipinski definition) is 4. The molecule has 0 unspecified atom stereocenters. The first-order chi connectivity index (χ1) is 15.9. The summed E-state index contributed by atoms with van der Waals surface area (Å²) in [6.07, 6.45) is 6.41. The lowest BCUT2D eigenvalue weighted by Crippen LogP contribution is -2.52. The van der Waals surface area contributed by atoms with Crippen molar-refractivity contribution >= 4 is 17.5 Å². The largest absolute Gasteiger partial charge is 0.438 e.